The number of nitrogens with one attached hydrogen (secondary N) is 1. The number of fused-ring (bicyclic) bond motifs is 1. The van der Waals surface area contributed by atoms with E-state index in [1.165, 1.54) is 0 Å². The molecule has 0 saturated heterocycles. The molecule has 4 nitrogen and oxygen atoms in total. The molecule has 72 valence electrons. The summed E-state index contributed by atoms with van der Waals surface area (Å²) in [5.41, 5.74) is 2.51. The van der Waals surface area contributed by atoms with Crippen molar-refractivity contribution < 1.29 is 9.53 Å². The number of hydrogen-bond acceptors (Lipinski definition) is 3. The van der Waals surface area contributed by atoms with Gasteiger partial charge in [0.25, 0.3) is 6.47 Å². The maximum absolute atomic E-state index is 9.98. The lowest BCUT2D eigenvalue weighted by Gasteiger charge is -1.97. The van der Waals surface area contributed by atoms with E-state index in [4.69, 9.17) is 11.6 Å². The molecule has 0 aliphatic carbocycles. The van der Waals surface area contributed by atoms with Gasteiger partial charge in [0.15, 0.2) is 0 Å². The lowest BCUT2D eigenvalue weighted by atomic mass is 10.2. The third-order valence-electron chi connectivity index (χ3n) is 1.84. The van der Waals surface area contributed by atoms with Crippen molar-refractivity contribution in [1.82, 2.24) is 9.97 Å². The minimum atomic E-state index is 0.254. The minimum absolute atomic E-state index is 0.254. The maximum atomic E-state index is 9.98. The lowest BCUT2D eigenvalue weighted by Crippen LogP contribution is -1.89. The van der Waals surface area contributed by atoms with Crippen molar-refractivity contribution in [2.75, 3.05) is 0 Å². The molecule has 0 fully saturated rings. The number of aromatic nitrogens is 2. The van der Waals surface area contributed by atoms with Gasteiger partial charge in [-0.1, -0.05) is 6.07 Å². The summed E-state index contributed by atoms with van der Waals surface area (Å²) < 4.78 is 4.62. The van der Waals surface area contributed by atoms with Crippen molar-refractivity contribution in [2.45, 2.75) is 6.61 Å². The van der Waals surface area contributed by atoms with Crippen molar-refractivity contribution in [3.05, 3.63) is 29.0 Å². The van der Waals surface area contributed by atoms with E-state index < -0.39 is 0 Å². The maximum Gasteiger partial charge on any atom is 0.293 e. The van der Waals surface area contributed by atoms with Crippen LogP contribution in [0.3, 0.4) is 0 Å². The van der Waals surface area contributed by atoms with E-state index in [1.54, 1.807) is 0 Å². The zero-order valence-electron chi connectivity index (χ0n) is 7.16. The molecule has 0 spiro atoms. The van der Waals surface area contributed by atoms with Gasteiger partial charge in [-0.25, -0.2) is 4.98 Å². The molecular formula is C9H7ClN2O2. The van der Waals surface area contributed by atoms with Crippen LogP contribution in [-0.2, 0) is 16.1 Å². The Morgan fingerprint density at radius 3 is 3.21 bits per heavy atom. The second-order valence-electron chi connectivity index (χ2n) is 2.79. The van der Waals surface area contributed by atoms with Crippen molar-refractivity contribution in [1.29, 1.82) is 0 Å². The molecule has 1 N–H and O–H groups in total. The third kappa shape index (κ3) is 1.70. The highest BCUT2D eigenvalue weighted by molar-refractivity contribution is 6.29. The van der Waals surface area contributed by atoms with Gasteiger partial charge in [0.1, 0.15) is 6.61 Å². The van der Waals surface area contributed by atoms with Gasteiger partial charge in [-0.2, -0.15) is 0 Å². The third-order valence-corrected chi connectivity index (χ3v) is 2.02. The van der Waals surface area contributed by atoms with Crippen molar-refractivity contribution in [2.24, 2.45) is 0 Å². The smallest absolute Gasteiger partial charge is 0.293 e. The SMILES string of the molecule is O=COCc1ccc2[nH]c(Cl)nc2c1. The Morgan fingerprint density at radius 1 is 1.57 bits per heavy atom. The molecule has 0 saturated carbocycles. The Hall–Kier alpha value is -1.55. The van der Waals surface area contributed by atoms with E-state index in [-0.39, 0.29) is 6.61 Å². The fourth-order valence-electron chi connectivity index (χ4n) is 1.24. The number of hydrogen-bond donors (Lipinski definition) is 1. The molecule has 0 atom stereocenters. The Balaban J connectivity index is 2.35. The highest BCUT2D eigenvalue weighted by Gasteiger charge is 2.01. The van der Waals surface area contributed by atoms with E-state index >= 15 is 0 Å². The average molecular weight is 211 g/mol. The average Bonchev–Trinajstić information content (AvgIpc) is 2.54. The fourth-order valence-corrected chi connectivity index (χ4v) is 1.43. The summed E-state index contributed by atoms with van der Waals surface area (Å²) >= 11 is 5.69. The molecule has 0 aliphatic heterocycles. The molecule has 1 heterocycles. The molecule has 0 bridgehead atoms. The zero-order chi connectivity index (χ0) is 9.97. The first-order valence-corrected chi connectivity index (χ1v) is 4.37. The molecule has 1 aromatic heterocycles. The molecular weight excluding hydrogens is 204 g/mol. The zero-order valence-corrected chi connectivity index (χ0v) is 7.91. The normalized spacial score (nSPS) is 10.4. The van der Waals surface area contributed by atoms with Gasteiger partial charge < -0.3 is 9.72 Å². The van der Waals surface area contributed by atoms with Gasteiger partial charge in [0, 0.05) is 0 Å². The highest BCUT2D eigenvalue weighted by Crippen LogP contribution is 2.16. The van der Waals surface area contributed by atoms with Gasteiger partial charge in [-0.05, 0) is 29.3 Å². The number of nitrogens with zero attached hydrogens (tertiary/aromatic N) is 1. The van der Waals surface area contributed by atoms with Gasteiger partial charge in [0.05, 0.1) is 11.0 Å². The Labute approximate surface area is 84.9 Å². The predicted molar refractivity (Wildman–Crippen MR) is 52.0 cm³/mol. The number of aromatic amines is 1. The molecule has 2 aromatic rings. The Morgan fingerprint density at radius 2 is 2.43 bits per heavy atom. The van der Waals surface area contributed by atoms with Crippen LogP contribution in [0.5, 0.6) is 0 Å². The van der Waals surface area contributed by atoms with Crippen LogP contribution >= 0.6 is 11.6 Å². The number of carbonyl (C=O) groups excluding carboxylic acids is 1. The standard InChI is InChI=1S/C9H7ClN2O2/c10-9-11-7-2-1-6(4-14-5-13)3-8(7)12-9/h1-3,5H,4H2,(H,11,12). The lowest BCUT2D eigenvalue weighted by molar-refractivity contribution is -0.129. The molecule has 0 aliphatic rings. The van der Waals surface area contributed by atoms with Crippen LogP contribution < -0.4 is 0 Å². The summed E-state index contributed by atoms with van der Waals surface area (Å²) in [6.07, 6.45) is 0. The quantitative estimate of drug-likeness (QED) is 0.788. The number of carbonyl (C=O) groups is 1. The monoisotopic (exact) mass is 210 g/mol. The van der Waals surface area contributed by atoms with Gasteiger partial charge in [-0.3, -0.25) is 4.79 Å². The van der Waals surface area contributed by atoms with Crippen LogP contribution in [0.4, 0.5) is 0 Å². The number of benzene rings is 1. The first-order chi connectivity index (χ1) is 6.79. The molecule has 0 radical (unpaired) electrons. The highest BCUT2D eigenvalue weighted by atomic mass is 35.5. The van der Waals surface area contributed by atoms with Crippen LogP contribution in [0.2, 0.25) is 5.28 Å². The second kappa shape index (κ2) is 3.67. The van der Waals surface area contributed by atoms with Crippen molar-refractivity contribution >= 4 is 29.1 Å². The second-order valence-corrected chi connectivity index (χ2v) is 3.14. The molecule has 0 unspecified atom stereocenters. The number of rotatable bonds is 3. The summed E-state index contributed by atoms with van der Waals surface area (Å²) in [6, 6.07) is 5.51. The first-order valence-electron chi connectivity index (χ1n) is 3.99. The van der Waals surface area contributed by atoms with Crippen LogP contribution in [-0.4, -0.2) is 16.4 Å². The summed E-state index contributed by atoms with van der Waals surface area (Å²) in [4.78, 5) is 16.9. The first kappa shape index (κ1) is 9.02. The Kier molecular flexibility index (Phi) is 2.37. The predicted octanol–water partition coefficient (Wildman–Crippen LogP) is 1.89. The van der Waals surface area contributed by atoms with E-state index in [2.05, 4.69) is 14.7 Å². The van der Waals surface area contributed by atoms with Gasteiger partial charge in [0.2, 0.25) is 5.28 Å². The molecule has 14 heavy (non-hydrogen) atoms. The molecule has 5 heteroatoms. The number of imidazole rings is 1. The van der Waals surface area contributed by atoms with E-state index in [0.717, 1.165) is 16.6 Å². The summed E-state index contributed by atoms with van der Waals surface area (Å²) in [5, 5.41) is 0.355. The summed E-state index contributed by atoms with van der Waals surface area (Å²) in [6.45, 7) is 0.672. The molecule has 1 aromatic carbocycles. The van der Waals surface area contributed by atoms with E-state index in [0.29, 0.717) is 11.8 Å². The van der Waals surface area contributed by atoms with Gasteiger partial charge >= 0.3 is 0 Å². The topological polar surface area (TPSA) is 55.0 Å². The van der Waals surface area contributed by atoms with E-state index in [9.17, 15) is 4.79 Å². The van der Waals surface area contributed by atoms with Crippen molar-refractivity contribution in [3.8, 4) is 0 Å². The summed E-state index contributed by atoms with van der Waals surface area (Å²) in [7, 11) is 0. The largest absolute Gasteiger partial charge is 0.463 e. The number of ether oxygens (including phenoxy) is 1. The Bertz CT molecular complexity index is 467. The van der Waals surface area contributed by atoms with Crippen LogP contribution in [0.15, 0.2) is 18.2 Å². The van der Waals surface area contributed by atoms with Crippen LogP contribution in [0, 0.1) is 0 Å². The van der Waals surface area contributed by atoms with E-state index in [1.807, 2.05) is 18.2 Å². The van der Waals surface area contributed by atoms with Crippen LogP contribution in [0.1, 0.15) is 5.56 Å². The summed E-state index contributed by atoms with van der Waals surface area (Å²) in [5.74, 6) is 0. The van der Waals surface area contributed by atoms with Gasteiger partial charge in [-0.15, -0.1) is 0 Å². The van der Waals surface area contributed by atoms with Crippen molar-refractivity contribution in [3.63, 3.8) is 0 Å². The molecule has 0 amide bonds. The number of H-pyrrole nitrogens is 1. The minimum Gasteiger partial charge on any atom is -0.463 e. The number of halogens is 1. The fraction of sp³-hybridized carbons (Fsp3) is 0.111. The van der Waals surface area contributed by atoms with Crippen LogP contribution in [0.25, 0.3) is 11.0 Å². The molecule has 2 rings (SSSR count).